The van der Waals surface area contributed by atoms with Crippen LogP contribution in [0.25, 0.3) is 0 Å². The monoisotopic (exact) mass is 340 g/mol. The highest BCUT2D eigenvalue weighted by Gasteiger charge is 2.21. The molecule has 23 heavy (non-hydrogen) atoms. The summed E-state index contributed by atoms with van der Waals surface area (Å²) >= 11 is 0. The fourth-order valence-corrected chi connectivity index (χ4v) is 3.78. The molecule has 1 aliphatic carbocycles. The first-order chi connectivity index (χ1) is 10.8. The molecular weight excluding hydrogens is 316 g/mol. The normalized spacial score (nSPS) is 17.1. The van der Waals surface area contributed by atoms with Crippen LogP contribution in [0.4, 0.5) is 11.4 Å². The number of nitrogens with zero attached hydrogens (tertiary/aromatic N) is 1. The molecule has 0 amide bonds. The third-order valence-electron chi connectivity index (χ3n) is 4.48. The molecule has 1 unspecified atom stereocenters. The van der Waals surface area contributed by atoms with Gasteiger partial charge in [-0.25, -0.2) is 8.42 Å². The molecule has 1 aliphatic rings. The quantitative estimate of drug-likeness (QED) is 0.603. The standard InChI is InChI=1S/C16H24N2O4S/c1-12(7-8-13-5-3-4-6-13)17-15-10-9-14(23(2,21)22)11-16(15)18(19)20/h9-13,17H,3-8H2,1-2H3. The van der Waals surface area contributed by atoms with E-state index in [1.165, 1.54) is 37.8 Å². The fourth-order valence-electron chi connectivity index (χ4n) is 3.14. The Morgan fingerprint density at radius 2 is 2.00 bits per heavy atom. The molecule has 1 fully saturated rings. The van der Waals surface area contributed by atoms with Crippen molar-refractivity contribution in [2.75, 3.05) is 11.6 Å². The van der Waals surface area contributed by atoms with Crippen LogP contribution in [0, 0.1) is 16.0 Å². The van der Waals surface area contributed by atoms with Crippen molar-refractivity contribution in [3.63, 3.8) is 0 Å². The lowest BCUT2D eigenvalue weighted by Gasteiger charge is -2.17. The van der Waals surface area contributed by atoms with Gasteiger partial charge in [-0.05, 0) is 37.8 Å². The van der Waals surface area contributed by atoms with Crippen LogP contribution in [-0.4, -0.2) is 25.6 Å². The zero-order chi connectivity index (χ0) is 17.0. The van der Waals surface area contributed by atoms with Crippen LogP contribution in [0.5, 0.6) is 0 Å². The van der Waals surface area contributed by atoms with E-state index in [-0.39, 0.29) is 16.6 Å². The highest BCUT2D eigenvalue weighted by atomic mass is 32.2. The molecule has 0 aromatic heterocycles. The molecule has 0 spiro atoms. The Labute approximate surface area is 137 Å². The zero-order valence-electron chi connectivity index (χ0n) is 13.6. The summed E-state index contributed by atoms with van der Waals surface area (Å²) < 4.78 is 23.1. The molecule has 0 heterocycles. The first-order valence-electron chi connectivity index (χ1n) is 8.02. The molecule has 0 aliphatic heterocycles. The van der Waals surface area contributed by atoms with Crippen molar-refractivity contribution in [2.24, 2.45) is 5.92 Å². The third-order valence-corrected chi connectivity index (χ3v) is 5.59. The number of sulfone groups is 1. The summed E-state index contributed by atoms with van der Waals surface area (Å²) in [5, 5.41) is 14.4. The number of nitrogens with one attached hydrogen (secondary N) is 1. The number of hydrogen-bond donors (Lipinski definition) is 1. The van der Waals surface area contributed by atoms with E-state index in [1.54, 1.807) is 0 Å². The summed E-state index contributed by atoms with van der Waals surface area (Å²) in [6.45, 7) is 2.00. The van der Waals surface area contributed by atoms with Crippen LogP contribution >= 0.6 is 0 Å². The van der Waals surface area contributed by atoms with Gasteiger partial charge in [-0.3, -0.25) is 10.1 Å². The first kappa shape index (κ1) is 17.7. The Morgan fingerprint density at radius 3 is 2.57 bits per heavy atom. The Hall–Kier alpha value is -1.63. The average Bonchev–Trinajstić information content (AvgIpc) is 2.97. The number of hydrogen-bond acceptors (Lipinski definition) is 5. The van der Waals surface area contributed by atoms with Crippen molar-refractivity contribution < 1.29 is 13.3 Å². The summed E-state index contributed by atoms with van der Waals surface area (Å²) in [5.41, 5.74) is 0.182. The van der Waals surface area contributed by atoms with E-state index in [0.29, 0.717) is 5.69 Å². The minimum absolute atomic E-state index is 0.0339. The summed E-state index contributed by atoms with van der Waals surface area (Å²) in [5.74, 6) is 0.779. The van der Waals surface area contributed by atoms with E-state index in [0.717, 1.165) is 31.1 Å². The van der Waals surface area contributed by atoms with Crippen LogP contribution < -0.4 is 5.32 Å². The molecule has 7 heteroatoms. The van der Waals surface area contributed by atoms with Crippen molar-refractivity contribution in [1.29, 1.82) is 0 Å². The molecule has 128 valence electrons. The van der Waals surface area contributed by atoms with Crippen LogP contribution in [-0.2, 0) is 9.84 Å². The Kier molecular flexibility index (Phi) is 5.62. The molecule has 0 bridgehead atoms. The summed E-state index contributed by atoms with van der Waals surface area (Å²) in [4.78, 5) is 10.6. The van der Waals surface area contributed by atoms with Crippen molar-refractivity contribution >= 4 is 21.2 Å². The van der Waals surface area contributed by atoms with Gasteiger partial charge in [0.1, 0.15) is 5.69 Å². The highest BCUT2D eigenvalue weighted by molar-refractivity contribution is 7.90. The molecule has 1 N–H and O–H groups in total. The number of anilines is 1. The van der Waals surface area contributed by atoms with Gasteiger partial charge in [0.05, 0.1) is 9.82 Å². The van der Waals surface area contributed by atoms with E-state index < -0.39 is 14.8 Å². The average molecular weight is 340 g/mol. The van der Waals surface area contributed by atoms with Crippen molar-refractivity contribution in [2.45, 2.75) is 56.4 Å². The molecule has 1 aromatic carbocycles. The zero-order valence-corrected chi connectivity index (χ0v) is 14.4. The topological polar surface area (TPSA) is 89.3 Å². The summed E-state index contributed by atoms with van der Waals surface area (Å²) in [6.07, 6.45) is 8.32. The minimum Gasteiger partial charge on any atom is -0.377 e. The second kappa shape index (κ2) is 7.29. The molecule has 1 atom stereocenters. The number of rotatable bonds is 7. The number of nitro benzene ring substituents is 1. The lowest BCUT2D eigenvalue weighted by atomic mass is 9.99. The van der Waals surface area contributed by atoms with Gasteiger partial charge in [0, 0.05) is 18.4 Å². The Bertz CT molecular complexity index is 667. The molecule has 2 rings (SSSR count). The first-order valence-corrected chi connectivity index (χ1v) is 9.91. The van der Waals surface area contributed by atoms with Gasteiger partial charge in [0.15, 0.2) is 9.84 Å². The predicted octanol–water partition coefficient (Wildman–Crippen LogP) is 3.77. The van der Waals surface area contributed by atoms with Crippen LogP contribution in [0.2, 0.25) is 0 Å². The largest absolute Gasteiger partial charge is 0.377 e. The van der Waals surface area contributed by atoms with Gasteiger partial charge in [0.25, 0.3) is 5.69 Å². The van der Waals surface area contributed by atoms with E-state index >= 15 is 0 Å². The maximum Gasteiger partial charge on any atom is 0.293 e. The SMILES string of the molecule is CC(CCC1CCCC1)Nc1ccc(S(C)(=O)=O)cc1[N+](=O)[O-]. The van der Waals surface area contributed by atoms with Crippen molar-refractivity contribution in [3.05, 3.63) is 28.3 Å². The lowest BCUT2D eigenvalue weighted by molar-refractivity contribution is -0.384. The Balaban J connectivity index is 2.07. The van der Waals surface area contributed by atoms with Gasteiger partial charge in [-0.15, -0.1) is 0 Å². The van der Waals surface area contributed by atoms with Gasteiger partial charge in [0.2, 0.25) is 0 Å². The molecule has 0 saturated heterocycles. The van der Waals surface area contributed by atoms with Gasteiger partial charge >= 0.3 is 0 Å². The van der Waals surface area contributed by atoms with Gasteiger partial charge in [-0.2, -0.15) is 0 Å². The van der Waals surface area contributed by atoms with Crippen molar-refractivity contribution in [3.8, 4) is 0 Å². The number of benzene rings is 1. The molecule has 1 aromatic rings. The Morgan fingerprint density at radius 1 is 1.35 bits per heavy atom. The summed E-state index contributed by atoms with van der Waals surface area (Å²) in [7, 11) is -3.46. The second-order valence-corrected chi connectivity index (χ2v) is 8.50. The minimum atomic E-state index is -3.46. The fraction of sp³-hybridized carbons (Fsp3) is 0.625. The molecular formula is C16H24N2O4S. The predicted molar refractivity (Wildman–Crippen MR) is 90.5 cm³/mol. The van der Waals surface area contributed by atoms with E-state index in [4.69, 9.17) is 0 Å². The smallest absolute Gasteiger partial charge is 0.293 e. The van der Waals surface area contributed by atoms with Gasteiger partial charge < -0.3 is 5.32 Å². The maximum absolute atomic E-state index is 11.5. The number of nitro groups is 1. The van der Waals surface area contributed by atoms with Crippen LogP contribution in [0.1, 0.15) is 45.4 Å². The van der Waals surface area contributed by atoms with E-state index in [1.807, 2.05) is 6.92 Å². The van der Waals surface area contributed by atoms with E-state index in [9.17, 15) is 18.5 Å². The molecule has 6 nitrogen and oxygen atoms in total. The summed E-state index contributed by atoms with van der Waals surface area (Å²) in [6, 6.07) is 4.13. The maximum atomic E-state index is 11.5. The van der Waals surface area contributed by atoms with Gasteiger partial charge in [-0.1, -0.05) is 25.7 Å². The van der Waals surface area contributed by atoms with Crippen LogP contribution in [0.15, 0.2) is 23.1 Å². The third kappa shape index (κ3) is 4.92. The lowest BCUT2D eigenvalue weighted by Crippen LogP contribution is -2.17. The second-order valence-electron chi connectivity index (χ2n) is 6.48. The molecule has 0 radical (unpaired) electrons. The van der Waals surface area contributed by atoms with Crippen molar-refractivity contribution in [1.82, 2.24) is 0 Å². The van der Waals surface area contributed by atoms with E-state index in [2.05, 4.69) is 5.32 Å². The van der Waals surface area contributed by atoms with Crippen LogP contribution in [0.3, 0.4) is 0 Å². The molecule has 1 saturated carbocycles. The highest BCUT2D eigenvalue weighted by Crippen LogP contribution is 2.31.